The van der Waals surface area contributed by atoms with Gasteiger partial charge in [0, 0.05) is 0 Å². The third-order valence-electron chi connectivity index (χ3n) is 7.67. The third-order valence-corrected chi connectivity index (χ3v) is 12.6. The molecular formula is C42H54Si. The van der Waals surface area contributed by atoms with Crippen LogP contribution >= 0.6 is 0 Å². The Balaban J connectivity index is 0.000000590. The zero-order valence-corrected chi connectivity index (χ0v) is 29.5. The molecule has 2 aliphatic rings. The van der Waals surface area contributed by atoms with Crippen LogP contribution in [-0.4, -0.2) is 8.07 Å². The van der Waals surface area contributed by atoms with Crippen LogP contribution in [0.25, 0.3) is 11.1 Å². The molecule has 0 aromatic heterocycles. The zero-order valence-electron chi connectivity index (χ0n) is 28.5. The number of hydrogen-bond acceptors (Lipinski definition) is 0. The largest absolute Gasteiger partial charge is 0.180 e. The summed E-state index contributed by atoms with van der Waals surface area (Å²) in [5, 5.41) is 6.04. The monoisotopic (exact) mass is 586 g/mol. The number of benzene rings is 5. The van der Waals surface area contributed by atoms with Crippen molar-refractivity contribution in [2.24, 2.45) is 0 Å². The van der Waals surface area contributed by atoms with Crippen LogP contribution in [0.2, 0.25) is 0 Å². The molecular weight excluding hydrogens is 533 g/mol. The first kappa shape index (κ1) is 35.5. The normalized spacial score (nSPS) is 12.0. The molecule has 0 fully saturated rings. The highest BCUT2D eigenvalue weighted by molar-refractivity contribution is 7.20. The van der Waals surface area contributed by atoms with E-state index >= 15 is 0 Å². The van der Waals surface area contributed by atoms with Crippen LogP contribution in [-0.2, 0) is 12.8 Å². The molecule has 1 aliphatic carbocycles. The first-order chi connectivity index (χ1) is 21.4. The van der Waals surface area contributed by atoms with E-state index in [0.29, 0.717) is 0 Å². The lowest BCUT2D eigenvalue weighted by atomic mass is 9.94. The lowest BCUT2D eigenvalue weighted by Gasteiger charge is -2.41. The highest BCUT2D eigenvalue weighted by atomic mass is 28.3. The second-order valence-corrected chi connectivity index (χ2v) is 13.0. The van der Waals surface area contributed by atoms with Crippen LogP contribution in [0.4, 0.5) is 0 Å². The minimum Gasteiger partial charge on any atom is -0.0683 e. The second kappa shape index (κ2) is 18.1. The Morgan fingerprint density at radius 1 is 0.372 bits per heavy atom. The van der Waals surface area contributed by atoms with Crippen molar-refractivity contribution in [3.63, 3.8) is 0 Å². The van der Waals surface area contributed by atoms with E-state index in [9.17, 15) is 0 Å². The maximum absolute atomic E-state index is 2.49. The average Bonchev–Trinajstić information content (AvgIpc) is 3.52. The van der Waals surface area contributed by atoms with Crippen LogP contribution in [0, 0.1) is 0 Å². The average molecular weight is 587 g/mol. The summed E-state index contributed by atoms with van der Waals surface area (Å²) >= 11 is 0. The Morgan fingerprint density at radius 3 is 1.40 bits per heavy atom. The topological polar surface area (TPSA) is 0 Å². The number of fused-ring (bicyclic) bond motifs is 6. The van der Waals surface area contributed by atoms with Crippen molar-refractivity contribution in [2.45, 2.75) is 82.1 Å². The van der Waals surface area contributed by atoms with Gasteiger partial charge in [0.15, 0.2) is 8.07 Å². The maximum atomic E-state index is 2.49. The van der Waals surface area contributed by atoms with Gasteiger partial charge >= 0.3 is 0 Å². The van der Waals surface area contributed by atoms with E-state index in [1.165, 1.54) is 38.2 Å². The molecule has 0 unspecified atom stereocenters. The van der Waals surface area contributed by atoms with E-state index in [4.69, 9.17) is 0 Å². The Bertz CT molecular complexity index is 1460. The van der Waals surface area contributed by atoms with Gasteiger partial charge in [0.1, 0.15) is 0 Å². The van der Waals surface area contributed by atoms with Gasteiger partial charge < -0.3 is 0 Å². The minimum absolute atomic E-state index is 1.01. The van der Waals surface area contributed by atoms with Crippen molar-refractivity contribution < 1.29 is 0 Å². The summed E-state index contributed by atoms with van der Waals surface area (Å²) in [7, 11) is -2.44. The highest BCUT2D eigenvalue weighted by Crippen LogP contribution is 2.40. The second-order valence-electron chi connectivity index (χ2n) is 9.28. The molecule has 0 saturated carbocycles. The molecule has 1 heteroatoms. The fourth-order valence-corrected chi connectivity index (χ4v) is 11.6. The molecule has 0 spiro atoms. The van der Waals surface area contributed by atoms with Gasteiger partial charge in [-0.2, -0.15) is 0 Å². The van der Waals surface area contributed by atoms with E-state index in [-0.39, 0.29) is 0 Å². The summed E-state index contributed by atoms with van der Waals surface area (Å²) in [6.07, 6.45) is 2.06. The first-order valence-corrected chi connectivity index (χ1v) is 18.8. The maximum Gasteiger partial charge on any atom is 0.180 e. The Morgan fingerprint density at radius 2 is 0.837 bits per heavy atom. The van der Waals surface area contributed by atoms with Gasteiger partial charge in [-0.15, -0.1) is 0 Å². The van der Waals surface area contributed by atoms with Crippen molar-refractivity contribution >= 4 is 28.8 Å². The van der Waals surface area contributed by atoms with Crippen molar-refractivity contribution in [1.82, 2.24) is 0 Å². The quantitative estimate of drug-likeness (QED) is 0.177. The molecule has 0 atom stereocenters. The Kier molecular flexibility index (Phi) is 14.9. The molecule has 0 saturated heterocycles. The van der Waals surface area contributed by atoms with E-state index in [1.54, 1.807) is 15.9 Å². The predicted octanol–water partition coefficient (Wildman–Crippen LogP) is 9.67. The van der Waals surface area contributed by atoms with Crippen LogP contribution < -0.4 is 20.7 Å². The molecule has 226 valence electrons. The summed E-state index contributed by atoms with van der Waals surface area (Å²) in [6, 6.07) is 45.8. The van der Waals surface area contributed by atoms with E-state index in [1.807, 2.05) is 69.2 Å². The van der Waals surface area contributed by atoms with Gasteiger partial charge in [-0.1, -0.05) is 191 Å². The number of hydrogen-bond donors (Lipinski definition) is 0. The summed E-state index contributed by atoms with van der Waals surface area (Å²) in [5.41, 5.74) is 8.93. The van der Waals surface area contributed by atoms with Gasteiger partial charge in [0.05, 0.1) is 0 Å². The van der Waals surface area contributed by atoms with Crippen LogP contribution in [0.3, 0.4) is 0 Å². The van der Waals surface area contributed by atoms with Crippen molar-refractivity contribution in [2.75, 3.05) is 0 Å². The van der Waals surface area contributed by atoms with Crippen LogP contribution in [0.5, 0.6) is 0 Å². The molecule has 0 nitrogen and oxygen atoms in total. The fraction of sp³-hybridized carbons (Fsp3) is 0.286. The van der Waals surface area contributed by atoms with Gasteiger partial charge in [0.2, 0.25) is 0 Å². The molecule has 0 amide bonds. The van der Waals surface area contributed by atoms with E-state index in [0.717, 1.165) is 12.8 Å². The molecule has 0 radical (unpaired) electrons. The lowest BCUT2D eigenvalue weighted by molar-refractivity contribution is 1.19. The summed E-state index contributed by atoms with van der Waals surface area (Å²) in [6.45, 7) is 20.0. The zero-order chi connectivity index (χ0) is 31.8. The predicted molar refractivity (Wildman–Crippen MR) is 198 cm³/mol. The van der Waals surface area contributed by atoms with Gasteiger partial charge in [0.25, 0.3) is 0 Å². The molecule has 1 aliphatic heterocycles. The van der Waals surface area contributed by atoms with Gasteiger partial charge in [-0.05, 0) is 67.0 Å². The van der Waals surface area contributed by atoms with Crippen molar-refractivity contribution in [1.29, 1.82) is 0 Å². The smallest absolute Gasteiger partial charge is 0.0683 e. The Hall–Kier alpha value is -3.68. The Labute approximate surface area is 264 Å². The van der Waals surface area contributed by atoms with E-state index in [2.05, 4.69) is 121 Å². The summed E-state index contributed by atoms with van der Waals surface area (Å²) < 4.78 is 0. The molecule has 0 bridgehead atoms. The van der Waals surface area contributed by atoms with Crippen LogP contribution in [0.1, 0.15) is 91.5 Å². The third kappa shape index (κ3) is 6.63. The standard InChI is InChI=1S/C32H24Si.5C2H6/c1-3-13-26(14-4-1)33(27-15-5-2-6-16-27)30-18-10-8-12-24(30)22-29-31(33)20-19-25-21-23-11-7-9-17-28(23)32(25)29;5*1-2/h1-20H,21-22H2;5*1-2H3. The summed E-state index contributed by atoms with van der Waals surface area (Å²) in [5.74, 6) is 0. The molecule has 1 heterocycles. The minimum atomic E-state index is -2.44. The first-order valence-electron chi connectivity index (χ1n) is 16.8. The molecule has 7 rings (SSSR count). The lowest BCUT2D eigenvalue weighted by Crippen LogP contribution is -2.77. The van der Waals surface area contributed by atoms with E-state index < -0.39 is 8.07 Å². The number of rotatable bonds is 2. The van der Waals surface area contributed by atoms with Gasteiger partial charge in [-0.25, -0.2) is 0 Å². The molecule has 43 heavy (non-hydrogen) atoms. The SMILES string of the molecule is CC.CC.CC.CC.CC.c1ccc([Si]2(c3ccccc3)c3ccccc3Cc3c2ccc2c3-c3ccccc3C2)cc1. The fourth-order valence-electron chi connectivity index (χ4n) is 6.38. The van der Waals surface area contributed by atoms with Crippen molar-refractivity contribution in [3.05, 3.63) is 144 Å². The molecule has 0 N–H and O–H groups in total. The van der Waals surface area contributed by atoms with Gasteiger partial charge in [-0.3, -0.25) is 0 Å². The highest BCUT2D eigenvalue weighted by Gasteiger charge is 2.47. The van der Waals surface area contributed by atoms with Crippen LogP contribution in [0.15, 0.2) is 121 Å². The molecule has 5 aromatic rings. The summed E-state index contributed by atoms with van der Waals surface area (Å²) in [4.78, 5) is 0. The van der Waals surface area contributed by atoms with Crippen molar-refractivity contribution in [3.8, 4) is 11.1 Å². The molecule has 5 aromatic carbocycles.